The number of imide groups is 1. The van der Waals surface area contributed by atoms with E-state index in [4.69, 9.17) is 0 Å². The van der Waals surface area contributed by atoms with Crippen LogP contribution >= 0.6 is 8.58 Å². The van der Waals surface area contributed by atoms with Crippen molar-refractivity contribution in [1.29, 1.82) is 0 Å². The minimum atomic E-state index is -0.297. The fourth-order valence-electron chi connectivity index (χ4n) is 8.14. The molecule has 4 nitrogen and oxygen atoms in total. The fourth-order valence-corrected chi connectivity index (χ4v) is 9.48. The number of hydrogen-bond donors (Lipinski definition) is 0. The molecule has 2 atom stereocenters. The van der Waals surface area contributed by atoms with Crippen molar-refractivity contribution >= 4 is 53.2 Å². The summed E-state index contributed by atoms with van der Waals surface area (Å²) in [5, 5.41) is 3.17. The fraction of sp³-hybridized carbons (Fsp3) is 0.0638. The Morgan fingerprint density at radius 3 is 1.79 bits per heavy atom. The maximum absolute atomic E-state index is 15.1. The smallest absolute Gasteiger partial charge is 0.268 e. The molecule has 0 fully saturated rings. The first kappa shape index (κ1) is 30.7. The molecule has 0 saturated heterocycles. The molecular weight excluding hydrogens is 656 g/mol. The molecule has 0 aliphatic carbocycles. The Morgan fingerprint density at radius 2 is 1.12 bits per heavy atom. The van der Waals surface area contributed by atoms with E-state index in [0.29, 0.717) is 31.1 Å². The van der Waals surface area contributed by atoms with Gasteiger partial charge < -0.3 is 4.57 Å². The van der Waals surface area contributed by atoms with Crippen LogP contribution in [-0.2, 0) is 0 Å². The lowest BCUT2D eigenvalue weighted by Crippen LogP contribution is -2.32. The first-order chi connectivity index (χ1) is 25.5. The molecule has 248 valence electrons. The van der Waals surface area contributed by atoms with Gasteiger partial charge in [0.2, 0.25) is 0 Å². The molecule has 8 aromatic rings. The van der Waals surface area contributed by atoms with Crippen molar-refractivity contribution in [3.8, 4) is 39.1 Å². The standard InChI is InChI=1S/C47H33N2O2P/c1-28-17-19-32(20-18-28)35-11-6-13-37-38-14-7-12-36-33-23-21-30(22-24-33)29(2)52-42-26-25-34(31-9-4-3-5-10-31)27-41(42)49-46(50)39-15-8-16-40(43(39)47(49)51)48(44(35)37)45(36)38/h3-27,29,52H,1-2H3. The normalized spacial score (nSPS) is 15.3. The van der Waals surface area contributed by atoms with Gasteiger partial charge in [-0.2, -0.15) is 0 Å². The summed E-state index contributed by atoms with van der Waals surface area (Å²) in [7, 11) is 0.340. The van der Waals surface area contributed by atoms with Crippen molar-refractivity contribution in [3.63, 3.8) is 0 Å². The third-order valence-corrected chi connectivity index (χ3v) is 12.2. The molecule has 5 heteroatoms. The van der Waals surface area contributed by atoms with Crippen LogP contribution in [0, 0.1) is 6.92 Å². The zero-order valence-electron chi connectivity index (χ0n) is 28.7. The van der Waals surface area contributed by atoms with Crippen LogP contribution in [0.2, 0.25) is 0 Å². The van der Waals surface area contributed by atoms with Crippen LogP contribution in [0.4, 0.5) is 5.69 Å². The van der Waals surface area contributed by atoms with Gasteiger partial charge in [-0.3, -0.25) is 9.59 Å². The number of nitrogens with zero attached hydrogens (tertiary/aromatic N) is 2. The predicted molar refractivity (Wildman–Crippen MR) is 216 cm³/mol. The minimum absolute atomic E-state index is 0.172. The highest BCUT2D eigenvalue weighted by atomic mass is 31.1. The Balaban J connectivity index is 1.33. The highest BCUT2D eigenvalue weighted by Gasteiger charge is 2.41. The molecule has 1 aromatic heterocycles. The maximum Gasteiger partial charge on any atom is 0.268 e. The zero-order valence-corrected chi connectivity index (χ0v) is 29.7. The van der Waals surface area contributed by atoms with Crippen molar-refractivity contribution in [2.45, 2.75) is 19.5 Å². The van der Waals surface area contributed by atoms with Crippen LogP contribution in [0.25, 0.3) is 60.9 Å². The van der Waals surface area contributed by atoms with Crippen molar-refractivity contribution in [3.05, 3.63) is 174 Å². The summed E-state index contributed by atoms with van der Waals surface area (Å²) in [4.78, 5) is 31.2. The lowest BCUT2D eigenvalue weighted by Gasteiger charge is -2.22. The Morgan fingerprint density at radius 1 is 0.519 bits per heavy atom. The molecule has 2 amide bonds. The van der Waals surface area contributed by atoms with Gasteiger partial charge in [0.1, 0.15) is 0 Å². The van der Waals surface area contributed by atoms with E-state index in [9.17, 15) is 4.79 Å². The third-order valence-electron chi connectivity index (χ3n) is 10.7. The minimum Gasteiger partial charge on any atom is -0.307 e. The average Bonchev–Trinajstić information content (AvgIpc) is 3.66. The van der Waals surface area contributed by atoms with Gasteiger partial charge in [-0.05, 0) is 58.2 Å². The molecule has 11 rings (SSSR count). The molecular formula is C47H33N2O2P. The molecule has 3 aliphatic rings. The van der Waals surface area contributed by atoms with Gasteiger partial charge in [-0.15, -0.1) is 0 Å². The number of aryl methyl sites for hydroxylation is 1. The second-order valence-corrected chi connectivity index (χ2v) is 15.5. The van der Waals surface area contributed by atoms with Gasteiger partial charge in [0.25, 0.3) is 11.8 Å². The summed E-state index contributed by atoms with van der Waals surface area (Å²) in [6, 6.07) is 52.6. The SMILES string of the molecule is Cc1ccc(-c2cccc3c4cccc5c4n(c23)-c2cccc3c2C(=O)N(C3=O)c2cc(-c3ccccc3)ccc2PC(C)c2ccc-5cc2)cc1. The Kier molecular flexibility index (Phi) is 6.93. The molecule has 7 aromatic carbocycles. The molecule has 2 unspecified atom stereocenters. The van der Waals surface area contributed by atoms with Crippen LogP contribution in [0.3, 0.4) is 0 Å². The van der Waals surface area contributed by atoms with E-state index >= 15 is 4.79 Å². The molecule has 0 N–H and O–H groups in total. The largest absolute Gasteiger partial charge is 0.307 e. The summed E-state index contributed by atoms with van der Waals surface area (Å²) >= 11 is 0. The van der Waals surface area contributed by atoms with E-state index in [2.05, 4.69) is 128 Å². The zero-order chi connectivity index (χ0) is 35.1. The summed E-state index contributed by atoms with van der Waals surface area (Å²) in [6.45, 7) is 4.33. The van der Waals surface area contributed by atoms with E-state index in [-0.39, 0.29) is 17.5 Å². The van der Waals surface area contributed by atoms with Crippen LogP contribution in [0.5, 0.6) is 0 Å². The monoisotopic (exact) mass is 688 g/mol. The van der Waals surface area contributed by atoms with E-state index in [1.54, 1.807) is 0 Å². The van der Waals surface area contributed by atoms with Gasteiger partial charge in [-0.25, -0.2) is 4.90 Å². The average molecular weight is 689 g/mol. The number of aromatic nitrogens is 1. The van der Waals surface area contributed by atoms with Crippen molar-refractivity contribution < 1.29 is 9.59 Å². The quantitative estimate of drug-likeness (QED) is 0.134. The van der Waals surface area contributed by atoms with Crippen LogP contribution in [0.15, 0.2) is 152 Å². The molecule has 0 spiro atoms. The first-order valence-electron chi connectivity index (χ1n) is 17.7. The predicted octanol–water partition coefficient (Wildman–Crippen LogP) is 11.3. The Hall–Kier alpha value is -6.09. The molecule has 0 radical (unpaired) electrons. The number of carbonyl (C=O) groups excluding carboxylic acids is 2. The maximum atomic E-state index is 15.1. The summed E-state index contributed by atoms with van der Waals surface area (Å²) in [6.07, 6.45) is 0. The summed E-state index contributed by atoms with van der Waals surface area (Å²) in [5.41, 5.74) is 13.1. The molecule has 0 saturated carbocycles. The Bertz CT molecular complexity index is 2760. The number of hydrogen-bond acceptors (Lipinski definition) is 2. The first-order valence-corrected chi connectivity index (χ1v) is 18.8. The third kappa shape index (κ3) is 4.58. The number of carbonyl (C=O) groups is 2. The van der Waals surface area contributed by atoms with Gasteiger partial charge >= 0.3 is 0 Å². The van der Waals surface area contributed by atoms with Crippen molar-refractivity contribution in [2.75, 3.05) is 4.90 Å². The van der Waals surface area contributed by atoms with Crippen LogP contribution in [-0.4, -0.2) is 16.4 Å². The lowest BCUT2D eigenvalue weighted by molar-refractivity contribution is 0.0926. The molecule has 3 aliphatic heterocycles. The Labute approximate surface area is 303 Å². The number of rotatable bonds is 2. The highest BCUT2D eigenvalue weighted by molar-refractivity contribution is 7.48. The summed E-state index contributed by atoms with van der Waals surface area (Å²) in [5.74, 6) is -0.588. The highest BCUT2D eigenvalue weighted by Crippen LogP contribution is 2.46. The molecule has 4 heterocycles. The van der Waals surface area contributed by atoms with Crippen molar-refractivity contribution in [2.24, 2.45) is 0 Å². The molecule has 4 bridgehead atoms. The lowest BCUT2D eigenvalue weighted by atomic mass is 9.99. The van der Waals surface area contributed by atoms with Gasteiger partial charge in [0.05, 0.1) is 33.5 Å². The number of anilines is 1. The molecule has 52 heavy (non-hydrogen) atoms. The van der Waals surface area contributed by atoms with E-state index < -0.39 is 0 Å². The number of fused-ring (bicyclic) bond motifs is 5. The number of para-hydroxylation sites is 2. The van der Waals surface area contributed by atoms with Gasteiger partial charge in [0.15, 0.2) is 0 Å². The number of amides is 2. The summed E-state index contributed by atoms with van der Waals surface area (Å²) < 4.78 is 2.25. The van der Waals surface area contributed by atoms with Gasteiger partial charge in [-0.1, -0.05) is 155 Å². The van der Waals surface area contributed by atoms with Crippen LogP contribution < -0.4 is 10.2 Å². The van der Waals surface area contributed by atoms with Crippen molar-refractivity contribution in [1.82, 2.24) is 4.57 Å². The van der Waals surface area contributed by atoms with E-state index in [1.165, 1.54) is 16.0 Å². The number of benzene rings is 7. The second kappa shape index (κ2) is 11.7. The topological polar surface area (TPSA) is 42.3 Å². The van der Waals surface area contributed by atoms with Gasteiger partial charge in [0, 0.05) is 27.6 Å². The second-order valence-electron chi connectivity index (χ2n) is 13.8. The van der Waals surface area contributed by atoms with E-state index in [0.717, 1.165) is 60.5 Å². The van der Waals surface area contributed by atoms with E-state index in [1.807, 2.05) is 42.5 Å². The van der Waals surface area contributed by atoms with Crippen LogP contribution in [0.1, 0.15) is 44.4 Å².